The molecule has 0 radical (unpaired) electrons. The molecule has 2 N–H and O–H groups in total. The lowest BCUT2D eigenvalue weighted by atomic mass is 10.1. The van der Waals surface area contributed by atoms with Crippen molar-refractivity contribution in [3.63, 3.8) is 0 Å². The van der Waals surface area contributed by atoms with Crippen LogP contribution in [0, 0.1) is 5.92 Å². The smallest absolute Gasteiger partial charge is 0.225 e. The van der Waals surface area contributed by atoms with E-state index in [1.54, 1.807) is 7.11 Å². The molecule has 1 fully saturated rings. The first kappa shape index (κ1) is 14.5. The Balaban J connectivity index is 2.08. The Kier molecular flexibility index (Phi) is 4.37. The van der Waals surface area contributed by atoms with Gasteiger partial charge in [-0.2, -0.15) is 0 Å². The quantitative estimate of drug-likeness (QED) is 0.852. The first-order valence-corrected chi connectivity index (χ1v) is 7.00. The van der Waals surface area contributed by atoms with Gasteiger partial charge in [-0.3, -0.25) is 4.79 Å². The largest absolute Gasteiger partial charge is 0.492 e. The maximum atomic E-state index is 12.0. The van der Waals surface area contributed by atoms with Gasteiger partial charge in [0.25, 0.3) is 0 Å². The van der Waals surface area contributed by atoms with E-state index < -0.39 is 0 Å². The van der Waals surface area contributed by atoms with Crippen LogP contribution in [-0.2, 0) is 4.79 Å². The summed E-state index contributed by atoms with van der Waals surface area (Å²) in [6.07, 6.45) is 0. The predicted molar refractivity (Wildman–Crippen MR) is 81.0 cm³/mol. The SMILES string of the molecule is COc1c(N)cccc1N1CCN(C(=O)C(C)C)CC1. The first-order chi connectivity index (χ1) is 9.54. The molecule has 1 amide bonds. The number of benzene rings is 1. The van der Waals surface area contributed by atoms with Crippen molar-refractivity contribution in [1.82, 2.24) is 4.90 Å². The number of hydrogen-bond donors (Lipinski definition) is 1. The number of piperazine rings is 1. The molecule has 2 rings (SSSR count). The van der Waals surface area contributed by atoms with Crippen molar-refractivity contribution in [2.24, 2.45) is 5.92 Å². The van der Waals surface area contributed by atoms with Gasteiger partial charge in [0.2, 0.25) is 5.91 Å². The van der Waals surface area contributed by atoms with Crippen molar-refractivity contribution in [2.45, 2.75) is 13.8 Å². The van der Waals surface area contributed by atoms with E-state index in [2.05, 4.69) is 4.90 Å². The molecule has 0 atom stereocenters. The standard InChI is InChI=1S/C15H23N3O2/c1-11(2)15(19)18-9-7-17(8-10-18)13-6-4-5-12(16)14(13)20-3/h4-6,11H,7-10,16H2,1-3H3. The molecule has 0 bridgehead atoms. The van der Waals surface area contributed by atoms with Gasteiger partial charge < -0.3 is 20.3 Å². The molecule has 110 valence electrons. The van der Waals surface area contributed by atoms with Gasteiger partial charge in [0.1, 0.15) is 0 Å². The Morgan fingerprint density at radius 3 is 2.45 bits per heavy atom. The first-order valence-electron chi connectivity index (χ1n) is 7.00. The molecule has 1 saturated heterocycles. The van der Waals surface area contributed by atoms with Crippen LogP contribution in [0.3, 0.4) is 0 Å². The maximum absolute atomic E-state index is 12.0. The van der Waals surface area contributed by atoms with Gasteiger partial charge in [0.05, 0.1) is 18.5 Å². The Labute approximate surface area is 120 Å². The van der Waals surface area contributed by atoms with Gasteiger partial charge in [0, 0.05) is 32.1 Å². The second-order valence-corrected chi connectivity index (χ2v) is 5.37. The summed E-state index contributed by atoms with van der Waals surface area (Å²) in [5.41, 5.74) is 7.59. The van der Waals surface area contributed by atoms with Crippen LogP contribution in [0.15, 0.2) is 18.2 Å². The number of methoxy groups -OCH3 is 1. The molecule has 1 aliphatic rings. The van der Waals surface area contributed by atoms with Gasteiger partial charge in [0.15, 0.2) is 5.75 Å². The number of nitrogens with two attached hydrogens (primary N) is 1. The van der Waals surface area contributed by atoms with Gasteiger partial charge >= 0.3 is 0 Å². The summed E-state index contributed by atoms with van der Waals surface area (Å²) >= 11 is 0. The fourth-order valence-corrected chi connectivity index (χ4v) is 2.55. The zero-order chi connectivity index (χ0) is 14.7. The molecular formula is C15H23N3O2. The van der Waals surface area contributed by atoms with Crippen molar-refractivity contribution >= 4 is 17.3 Å². The lowest BCUT2D eigenvalue weighted by Gasteiger charge is -2.37. The number of anilines is 2. The second-order valence-electron chi connectivity index (χ2n) is 5.37. The van der Waals surface area contributed by atoms with Crippen LogP contribution in [0.4, 0.5) is 11.4 Å². The van der Waals surface area contributed by atoms with E-state index in [-0.39, 0.29) is 11.8 Å². The Hall–Kier alpha value is -1.91. The van der Waals surface area contributed by atoms with Crippen molar-refractivity contribution in [3.05, 3.63) is 18.2 Å². The molecule has 0 unspecified atom stereocenters. The number of hydrogen-bond acceptors (Lipinski definition) is 4. The summed E-state index contributed by atoms with van der Waals surface area (Å²) in [7, 11) is 1.63. The molecule has 1 aromatic carbocycles. The molecule has 5 nitrogen and oxygen atoms in total. The normalized spacial score (nSPS) is 15.6. The summed E-state index contributed by atoms with van der Waals surface area (Å²) in [6.45, 7) is 6.98. The van der Waals surface area contributed by atoms with E-state index in [1.807, 2.05) is 36.9 Å². The van der Waals surface area contributed by atoms with Crippen LogP contribution < -0.4 is 15.4 Å². The number of nitrogens with zero attached hydrogens (tertiary/aromatic N) is 2. The highest BCUT2D eigenvalue weighted by Crippen LogP contribution is 2.34. The minimum atomic E-state index is 0.0588. The van der Waals surface area contributed by atoms with Crippen LogP contribution >= 0.6 is 0 Å². The Bertz CT molecular complexity index is 480. The molecule has 1 aromatic rings. The van der Waals surface area contributed by atoms with Gasteiger partial charge in [-0.15, -0.1) is 0 Å². The maximum Gasteiger partial charge on any atom is 0.225 e. The summed E-state index contributed by atoms with van der Waals surface area (Å²) in [5, 5.41) is 0. The summed E-state index contributed by atoms with van der Waals surface area (Å²) in [4.78, 5) is 16.1. The number of para-hydroxylation sites is 1. The van der Waals surface area contributed by atoms with Crippen LogP contribution in [0.1, 0.15) is 13.8 Å². The minimum absolute atomic E-state index is 0.0588. The second kappa shape index (κ2) is 6.03. The van der Waals surface area contributed by atoms with E-state index >= 15 is 0 Å². The molecule has 0 saturated carbocycles. The Morgan fingerprint density at radius 1 is 1.25 bits per heavy atom. The fraction of sp³-hybridized carbons (Fsp3) is 0.533. The zero-order valence-corrected chi connectivity index (χ0v) is 12.4. The van der Waals surface area contributed by atoms with E-state index in [1.165, 1.54) is 0 Å². The molecule has 20 heavy (non-hydrogen) atoms. The average molecular weight is 277 g/mol. The number of ether oxygens (including phenoxy) is 1. The van der Waals surface area contributed by atoms with Crippen molar-refractivity contribution < 1.29 is 9.53 Å². The number of carbonyl (C=O) groups excluding carboxylic acids is 1. The highest BCUT2D eigenvalue weighted by molar-refractivity contribution is 5.78. The number of amides is 1. The van der Waals surface area contributed by atoms with Crippen LogP contribution in [0.5, 0.6) is 5.75 Å². The third kappa shape index (κ3) is 2.81. The van der Waals surface area contributed by atoms with E-state index in [0.717, 1.165) is 37.6 Å². The van der Waals surface area contributed by atoms with Crippen molar-refractivity contribution in [2.75, 3.05) is 43.9 Å². The topological polar surface area (TPSA) is 58.8 Å². The van der Waals surface area contributed by atoms with Crippen LogP contribution in [-0.4, -0.2) is 44.1 Å². The molecule has 5 heteroatoms. The monoisotopic (exact) mass is 277 g/mol. The fourth-order valence-electron chi connectivity index (χ4n) is 2.55. The van der Waals surface area contributed by atoms with Crippen LogP contribution in [0.25, 0.3) is 0 Å². The van der Waals surface area contributed by atoms with E-state index in [0.29, 0.717) is 5.69 Å². The lowest BCUT2D eigenvalue weighted by Crippen LogP contribution is -2.50. The van der Waals surface area contributed by atoms with E-state index in [9.17, 15) is 4.79 Å². The minimum Gasteiger partial charge on any atom is -0.492 e. The van der Waals surface area contributed by atoms with Crippen molar-refractivity contribution in [3.8, 4) is 5.75 Å². The number of carbonyl (C=O) groups is 1. The predicted octanol–water partition coefficient (Wildman–Crippen LogP) is 1.58. The molecule has 1 aliphatic heterocycles. The highest BCUT2D eigenvalue weighted by Gasteiger charge is 2.24. The molecule has 1 heterocycles. The van der Waals surface area contributed by atoms with Crippen LogP contribution in [0.2, 0.25) is 0 Å². The highest BCUT2D eigenvalue weighted by atomic mass is 16.5. The molecule has 0 aromatic heterocycles. The van der Waals surface area contributed by atoms with Crippen molar-refractivity contribution in [1.29, 1.82) is 0 Å². The molecule has 0 aliphatic carbocycles. The number of nitrogen functional groups attached to an aromatic ring is 1. The van der Waals surface area contributed by atoms with Gasteiger partial charge in [-0.05, 0) is 12.1 Å². The zero-order valence-electron chi connectivity index (χ0n) is 12.4. The van der Waals surface area contributed by atoms with Gasteiger partial charge in [-0.25, -0.2) is 0 Å². The molecular weight excluding hydrogens is 254 g/mol. The summed E-state index contributed by atoms with van der Waals surface area (Å²) in [5.74, 6) is 1.00. The summed E-state index contributed by atoms with van der Waals surface area (Å²) < 4.78 is 5.39. The Morgan fingerprint density at radius 2 is 1.90 bits per heavy atom. The lowest BCUT2D eigenvalue weighted by molar-refractivity contribution is -0.134. The summed E-state index contributed by atoms with van der Waals surface area (Å²) in [6, 6.07) is 5.77. The average Bonchev–Trinajstić information content (AvgIpc) is 2.46. The number of rotatable bonds is 3. The third-order valence-corrected chi connectivity index (χ3v) is 3.65. The van der Waals surface area contributed by atoms with E-state index in [4.69, 9.17) is 10.5 Å². The van der Waals surface area contributed by atoms with Gasteiger partial charge in [-0.1, -0.05) is 19.9 Å². The molecule has 0 spiro atoms. The third-order valence-electron chi connectivity index (χ3n) is 3.65.